The molecule has 2 heterocycles. The van der Waals surface area contributed by atoms with Crippen molar-refractivity contribution in [2.75, 3.05) is 11.1 Å². The van der Waals surface area contributed by atoms with Crippen LogP contribution in [-0.4, -0.2) is 16.0 Å². The number of aromatic nitrogens is 2. The Balaban J connectivity index is 1.90. The Bertz CT molecular complexity index is 622. The Morgan fingerprint density at radius 2 is 2.10 bits per heavy atom. The quantitative estimate of drug-likeness (QED) is 0.882. The predicted molar refractivity (Wildman–Crippen MR) is 86.2 cm³/mol. The average Bonchev–Trinajstić information content (AvgIpc) is 2.73. The van der Waals surface area contributed by atoms with Gasteiger partial charge in [-0.1, -0.05) is 13.8 Å². The number of anilines is 2. The van der Waals surface area contributed by atoms with Crippen molar-refractivity contribution < 1.29 is 0 Å². The summed E-state index contributed by atoms with van der Waals surface area (Å²) in [5.74, 6) is 2.77. The fourth-order valence-electron chi connectivity index (χ4n) is 3.22. The molecule has 1 fully saturated rings. The number of rotatable bonds is 2. The molecule has 2 aromatic heterocycles. The lowest BCUT2D eigenvalue weighted by Crippen LogP contribution is -2.33. The monoisotopic (exact) mass is 290 g/mol. The molecule has 5 heteroatoms. The number of hydrogen-bond donors (Lipinski definition) is 2. The first-order valence-electron chi connectivity index (χ1n) is 7.33. The fourth-order valence-corrected chi connectivity index (χ4v) is 4.11. The van der Waals surface area contributed by atoms with Crippen LogP contribution in [0.3, 0.4) is 0 Å². The van der Waals surface area contributed by atoms with E-state index >= 15 is 0 Å². The summed E-state index contributed by atoms with van der Waals surface area (Å²) in [5.41, 5.74) is 5.84. The van der Waals surface area contributed by atoms with Gasteiger partial charge in [-0.25, -0.2) is 4.98 Å². The molecular weight excluding hydrogens is 268 g/mol. The van der Waals surface area contributed by atoms with Crippen LogP contribution in [0, 0.1) is 18.8 Å². The molecule has 3 N–H and O–H groups in total. The van der Waals surface area contributed by atoms with Crippen molar-refractivity contribution in [2.24, 2.45) is 11.8 Å². The molecule has 1 aliphatic rings. The zero-order valence-electron chi connectivity index (χ0n) is 12.3. The molecule has 0 amide bonds. The Labute approximate surface area is 123 Å². The minimum absolute atomic E-state index is 0.360. The summed E-state index contributed by atoms with van der Waals surface area (Å²) in [5, 5.41) is 4.73. The van der Waals surface area contributed by atoms with Gasteiger partial charge in [0.25, 0.3) is 0 Å². The second-order valence-corrected chi connectivity index (χ2v) is 7.39. The number of nitrogens with one attached hydrogen (secondary N) is 1. The van der Waals surface area contributed by atoms with Crippen LogP contribution in [-0.2, 0) is 0 Å². The van der Waals surface area contributed by atoms with Gasteiger partial charge in [0.05, 0.1) is 5.39 Å². The Morgan fingerprint density at radius 1 is 1.30 bits per heavy atom. The second kappa shape index (κ2) is 5.20. The lowest BCUT2D eigenvalue weighted by molar-refractivity contribution is 0.276. The van der Waals surface area contributed by atoms with E-state index < -0.39 is 0 Å². The largest absolute Gasteiger partial charge is 0.368 e. The van der Waals surface area contributed by atoms with E-state index in [2.05, 4.69) is 42.1 Å². The molecule has 0 saturated heterocycles. The van der Waals surface area contributed by atoms with Gasteiger partial charge in [0, 0.05) is 10.9 Å². The number of nitrogen functional groups attached to an aromatic ring is 1. The fraction of sp³-hybridized carbons (Fsp3) is 0.600. The van der Waals surface area contributed by atoms with Gasteiger partial charge in [0.2, 0.25) is 5.95 Å². The molecule has 1 saturated carbocycles. The van der Waals surface area contributed by atoms with Crippen molar-refractivity contribution in [1.29, 1.82) is 0 Å². The normalized spacial score (nSPS) is 26.9. The molecule has 20 heavy (non-hydrogen) atoms. The van der Waals surface area contributed by atoms with E-state index in [9.17, 15) is 0 Å². The van der Waals surface area contributed by atoms with Crippen LogP contribution in [0.4, 0.5) is 11.8 Å². The first-order valence-corrected chi connectivity index (χ1v) is 8.14. The molecule has 2 aromatic rings. The minimum Gasteiger partial charge on any atom is -0.368 e. The highest BCUT2D eigenvalue weighted by atomic mass is 32.1. The van der Waals surface area contributed by atoms with Crippen molar-refractivity contribution >= 4 is 33.3 Å². The van der Waals surface area contributed by atoms with E-state index in [4.69, 9.17) is 5.73 Å². The molecule has 3 rings (SSSR count). The van der Waals surface area contributed by atoms with Crippen molar-refractivity contribution in [1.82, 2.24) is 9.97 Å². The summed E-state index contributed by atoms with van der Waals surface area (Å²) in [4.78, 5) is 11.0. The molecule has 108 valence electrons. The molecule has 0 aromatic carbocycles. The Hall–Kier alpha value is -1.36. The van der Waals surface area contributed by atoms with Gasteiger partial charge in [-0.2, -0.15) is 4.98 Å². The third-order valence-corrected chi connectivity index (χ3v) is 5.23. The third-order valence-electron chi connectivity index (χ3n) is 4.29. The van der Waals surface area contributed by atoms with Crippen molar-refractivity contribution in [3.63, 3.8) is 0 Å². The first-order chi connectivity index (χ1) is 9.52. The highest BCUT2D eigenvalue weighted by molar-refractivity contribution is 7.18. The highest BCUT2D eigenvalue weighted by Gasteiger charge is 2.26. The van der Waals surface area contributed by atoms with Crippen molar-refractivity contribution in [3.05, 3.63) is 10.9 Å². The minimum atomic E-state index is 0.360. The van der Waals surface area contributed by atoms with E-state index in [0.717, 1.165) is 22.0 Å². The molecule has 0 bridgehead atoms. The molecule has 4 nitrogen and oxygen atoms in total. The maximum Gasteiger partial charge on any atom is 0.223 e. The molecule has 3 unspecified atom stereocenters. The van der Waals surface area contributed by atoms with Crippen LogP contribution in [0.25, 0.3) is 10.2 Å². The maximum atomic E-state index is 5.84. The Morgan fingerprint density at radius 3 is 2.85 bits per heavy atom. The maximum absolute atomic E-state index is 5.84. The number of nitrogens with zero attached hydrogens (tertiary/aromatic N) is 2. The molecular formula is C15H22N4S. The Kier molecular flexibility index (Phi) is 3.54. The predicted octanol–water partition coefficient (Wildman–Crippen LogP) is 3.82. The van der Waals surface area contributed by atoms with Crippen LogP contribution in [0.15, 0.2) is 6.07 Å². The van der Waals surface area contributed by atoms with Gasteiger partial charge in [-0.15, -0.1) is 11.3 Å². The van der Waals surface area contributed by atoms with Gasteiger partial charge in [0.15, 0.2) is 0 Å². The highest BCUT2D eigenvalue weighted by Crippen LogP contribution is 2.34. The molecule has 0 spiro atoms. The summed E-state index contributed by atoms with van der Waals surface area (Å²) in [7, 11) is 0. The zero-order valence-corrected chi connectivity index (χ0v) is 13.1. The van der Waals surface area contributed by atoms with Gasteiger partial charge in [-0.05, 0) is 44.1 Å². The topological polar surface area (TPSA) is 63.8 Å². The average molecular weight is 290 g/mol. The van der Waals surface area contributed by atoms with Crippen LogP contribution >= 0.6 is 11.3 Å². The van der Waals surface area contributed by atoms with E-state index in [-0.39, 0.29) is 0 Å². The molecule has 1 aliphatic carbocycles. The SMILES string of the molecule is Cc1cc2c(NC3CCC(C)CC3C)nc(N)nc2s1. The summed E-state index contributed by atoms with van der Waals surface area (Å²) in [6, 6.07) is 2.64. The standard InChI is InChI=1S/C15H22N4S/c1-8-4-5-12(9(2)6-8)17-13-11-7-10(3)20-14(11)19-15(16)18-13/h7-9,12H,4-6H2,1-3H3,(H3,16,17,18,19). The lowest BCUT2D eigenvalue weighted by Gasteiger charge is -2.33. The number of nitrogens with two attached hydrogens (primary N) is 1. The number of thiophene rings is 1. The lowest BCUT2D eigenvalue weighted by atomic mass is 9.80. The van der Waals surface area contributed by atoms with Gasteiger partial charge in [0.1, 0.15) is 10.6 Å². The van der Waals surface area contributed by atoms with Crippen LogP contribution in [0.5, 0.6) is 0 Å². The van der Waals surface area contributed by atoms with E-state index in [0.29, 0.717) is 17.9 Å². The van der Waals surface area contributed by atoms with Crippen LogP contribution in [0.2, 0.25) is 0 Å². The summed E-state index contributed by atoms with van der Waals surface area (Å²) in [6.45, 7) is 6.76. The second-order valence-electron chi connectivity index (χ2n) is 6.15. The molecule has 0 aliphatic heterocycles. The van der Waals surface area contributed by atoms with Crippen LogP contribution < -0.4 is 11.1 Å². The molecule has 0 radical (unpaired) electrons. The van der Waals surface area contributed by atoms with Crippen molar-refractivity contribution in [2.45, 2.75) is 46.1 Å². The third kappa shape index (κ3) is 2.59. The van der Waals surface area contributed by atoms with Gasteiger partial charge < -0.3 is 11.1 Å². The van der Waals surface area contributed by atoms with Crippen molar-refractivity contribution in [3.8, 4) is 0 Å². The zero-order chi connectivity index (χ0) is 14.3. The summed E-state index contributed by atoms with van der Waals surface area (Å²) < 4.78 is 0. The number of fused-ring (bicyclic) bond motifs is 1. The summed E-state index contributed by atoms with van der Waals surface area (Å²) in [6.07, 6.45) is 3.77. The van der Waals surface area contributed by atoms with Crippen LogP contribution in [0.1, 0.15) is 38.0 Å². The summed E-state index contributed by atoms with van der Waals surface area (Å²) >= 11 is 1.67. The smallest absolute Gasteiger partial charge is 0.223 e. The van der Waals surface area contributed by atoms with E-state index in [1.807, 2.05) is 0 Å². The van der Waals surface area contributed by atoms with E-state index in [1.54, 1.807) is 11.3 Å². The van der Waals surface area contributed by atoms with E-state index in [1.165, 1.54) is 24.1 Å². The van der Waals surface area contributed by atoms with Gasteiger partial charge in [-0.3, -0.25) is 0 Å². The molecule has 3 atom stereocenters. The number of hydrogen-bond acceptors (Lipinski definition) is 5. The van der Waals surface area contributed by atoms with Gasteiger partial charge >= 0.3 is 0 Å². The number of aryl methyl sites for hydroxylation is 1. The first kappa shape index (κ1) is 13.6.